The normalized spacial score (nSPS) is 27.0. The zero-order chi connectivity index (χ0) is 30.1. The molecule has 42 heavy (non-hydrogen) atoms. The Kier molecular flexibility index (Phi) is 8.20. The van der Waals surface area contributed by atoms with Crippen LogP contribution in [-0.4, -0.2) is 90.9 Å². The number of fused-ring (bicyclic) bond motifs is 1. The maximum absolute atomic E-state index is 12.8. The third-order valence-corrected chi connectivity index (χ3v) is 6.95. The molecule has 0 aliphatic carbocycles. The van der Waals surface area contributed by atoms with E-state index in [2.05, 4.69) is 0 Å². The number of ketones is 1. The van der Waals surface area contributed by atoms with Crippen LogP contribution in [0.5, 0.6) is 28.7 Å². The van der Waals surface area contributed by atoms with Crippen molar-refractivity contribution in [2.24, 2.45) is 0 Å². The van der Waals surface area contributed by atoms with Gasteiger partial charge in [0.05, 0.1) is 6.42 Å². The van der Waals surface area contributed by atoms with Gasteiger partial charge in [0.25, 0.3) is 0 Å². The fraction of sp³-hybridized carbons (Fsp3) is 0.310. The topological polar surface area (TPSA) is 213 Å². The predicted molar refractivity (Wildman–Crippen MR) is 140 cm³/mol. The molecule has 2 heterocycles. The average molecular weight is 585 g/mol. The standard InChI is InChI=1S/C29H28O13/c30-15-10-17(32)22-19(11-15)40-28(26(37)24(22)35)14-6-7-16(31)18(9-14)41-29-27(38)25(36)23(34)20(42-29)12-39-21(33)8-13-4-2-1-3-5-13/h1-7,9-11,20,23,25-32,34,36-38H,8,12H2/t20-,23-,25+,26?,27-,28?,29-/m1/s1. The van der Waals surface area contributed by atoms with Crippen molar-refractivity contribution in [1.82, 2.24) is 0 Å². The van der Waals surface area contributed by atoms with E-state index in [4.69, 9.17) is 18.9 Å². The highest BCUT2D eigenvalue weighted by Crippen LogP contribution is 2.43. The molecule has 0 saturated carbocycles. The van der Waals surface area contributed by atoms with Crippen molar-refractivity contribution in [3.63, 3.8) is 0 Å². The molecule has 222 valence electrons. The molecule has 0 spiro atoms. The molecule has 13 nitrogen and oxygen atoms in total. The maximum Gasteiger partial charge on any atom is 0.310 e. The Morgan fingerprint density at radius 1 is 0.857 bits per heavy atom. The van der Waals surface area contributed by atoms with Gasteiger partial charge in [-0.2, -0.15) is 0 Å². The van der Waals surface area contributed by atoms with Crippen LogP contribution in [0.15, 0.2) is 60.7 Å². The number of hydrogen-bond acceptors (Lipinski definition) is 13. The Morgan fingerprint density at radius 2 is 1.60 bits per heavy atom. The average Bonchev–Trinajstić information content (AvgIpc) is 2.96. The minimum absolute atomic E-state index is 0.0449. The number of carbonyl (C=O) groups is 2. The molecule has 2 aliphatic heterocycles. The first kappa shape index (κ1) is 29.1. The van der Waals surface area contributed by atoms with Crippen LogP contribution in [0.25, 0.3) is 0 Å². The molecule has 1 fully saturated rings. The van der Waals surface area contributed by atoms with Gasteiger partial charge in [-0.15, -0.1) is 0 Å². The molecule has 7 N–H and O–H groups in total. The molecule has 0 bridgehead atoms. The molecule has 13 heteroatoms. The largest absolute Gasteiger partial charge is 0.508 e. The molecule has 0 radical (unpaired) electrons. The number of hydrogen-bond donors (Lipinski definition) is 7. The summed E-state index contributed by atoms with van der Waals surface area (Å²) in [7, 11) is 0. The van der Waals surface area contributed by atoms with Gasteiger partial charge in [-0.1, -0.05) is 36.4 Å². The molecular weight excluding hydrogens is 556 g/mol. The Hall–Kier alpha value is -4.40. The van der Waals surface area contributed by atoms with E-state index in [-0.39, 0.29) is 34.8 Å². The Labute approximate surface area is 238 Å². The van der Waals surface area contributed by atoms with Gasteiger partial charge in [-0.3, -0.25) is 9.59 Å². The lowest BCUT2D eigenvalue weighted by molar-refractivity contribution is -0.278. The number of aliphatic hydroxyl groups is 4. The first-order valence-corrected chi connectivity index (χ1v) is 12.9. The van der Waals surface area contributed by atoms with E-state index in [9.17, 15) is 45.3 Å². The second-order valence-corrected chi connectivity index (χ2v) is 9.89. The number of benzene rings is 3. The molecular formula is C29H28O13. The van der Waals surface area contributed by atoms with Crippen molar-refractivity contribution in [2.45, 2.75) is 49.3 Å². The number of phenols is 3. The van der Waals surface area contributed by atoms with Gasteiger partial charge in [-0.05, 0) is 23.3 Å². The number of aliphatic hydroxyl groups excluding tert-OH is 4. The summed E-state index contributed by atoms with van der Waals surface area (Å²) in [4.78, 5) is 25.0. The fourth-order valence-electron chi connectivity index (χ4n) is 4.73. The summed E-state index contributed by atoms with van der Waals surface area (Å²) in [6.07, 6.45) is -11.4. The van der Waals surface area contributed by atoms with E-state index in [0.29, 0.717) is 5.56 Å². The van der Waals surface area contributed by atoms with Gasteiger partial charge >= 0.3 is 5.97 Å². The molecule has 3 aromatic carbocycles. The van der Waals surface area contributed by atoms with Gasteiger partial charge in [-0.25, -0.2) is 0 Å². The molecule has 5 rings (SSSR count). The molecule has 7 atom stereocenters. The van der Waals surface area contributed by atoms with Crippen LogP contribution in [0, 0.1) is 0 Å². The smallest absolute Gasteiger partial charge is 0.310 e. The van der Waals surface area contributed by atoms with Crippen molar-refractivity contribution in [3.8, 4) is 28.7 Å². The summed E-state index contributed by atoms with van der Waals surface area (Å²) in [6, 6.07) is 14.5. The van der Waals surface area contributed by atoms with Crippen LogP contribution in [0.1, 0.15) is 27.6 Å². The Balaban J connectivity index is 1.31. The van der Waals surface area contributed by atoms with Gasteiger partial charge in [0.2, 0.25) is 12.1 Å². The van der Waals surface area contributed by atoms with Crippen molar-refractivity contribution >= 4 is 11.8 Å². The number of esters is 1. The highest BCUT2D eigenvalue weighted by atomic mass is 16.7. The van der Waals surface area contributed by atoms with E-state index in [1.807, 2.05) is 0 Å². The third kappa shape index (κ3) is 5.82. The Bertz CT molecular complexity index is 1460. The minimum Gasteiger partial charge on any atom is -0.508 e. The molecule has 2 aliphatic rings. The van der Waals surface area contributed by atoms with E-state index >= 15 is 0 Å². The van der Waals surface area contributed by atoms with Crippen LogP contribution in [0.3, 0.4) is 0 Å². The maximum atomic E-state index is 12.8. The van der Waals surface area contributed by atoms with E-state index in [1.165, 1.54) is 12.1 Å². The zero-order valence-electron chi connectivity index (χ0n) is 21.8. The van der Waals surface area contributed by atoms with Crippen molar-refractivity contribution in [2.75, 3.05) is 6.61 Å². The first-order chi connectivity index (χ1) is 20.0. The third-order valence-electron chi connectivity index (χ3n) is 6.95. The predicted octanol–water partition coefficient (Wildman–Crippen LogP) is 0.453. The highest BCUT2D eigenvalue weighted by molar-refractivity contribution is 6.05. The summed E-state index contributed by atoms with van der Waals surface area (Å²) in [5, 5.41) is 72.2. The molecule has 0 amide bonds. The van der Waals surface area contributed by atoms with E-state index in [1.54, 1.807) is 30.3 Å². The van der Waals surface area contributed by atoms with Crippen LogP contribution >= 0.6 is 0 Å². The number of phenolic OH excluding ortho intramolecular Hbond substituents is 3. The summed E-state index contributed by atoms with van der Waals surface area (Å²) in [6.45, 7) is -0.480. The van der Waals surface area contributed by atoms with Crippen LogP contribution < -0.4 is 9.47 Å². The van der Waals surface area contributed by atoms with Gasteiger partial charge in [0, 0.05) is 12.1 Å². The number of carbonyl (C=O) groups excluding carboxylic acids is 2. The lowest BCUT2D eigenvalue weighted by atomic mass is 9.92. The SMILES string of the molecule is O=C(Cc1ccccc1)OC[C@H]1O[C@@H](Oc2cc(C3Oc4cc(O)cc(O)c4C(=O)C3O)ccc2O)[C@H](O)[C@@H](O)[C@@H]1O. The number of aromatic hydroxyl groups is 3. The first-order valence-electron chi connectivity index (χ1n) is 12.9. The van der Waals surface area contributed by atoms with Gasteiger partial charge in [0.15, 0.2) is 23.7 Å². The van der Waals surface area contributed by atoms with Crippen LogP contribution in [-0.2, 0) is 20.7 Å². The molecule has 2 unspecified atom stereocenters. The van der Waals surface area contributed by atoms with E-state index in [0.717, 1.165) is 18.2 Å². The van der Waals surface area contributed by atoms with Crippen molar-refractivity contribution in [3.05, 3.63) is 77.4 Å². The number of ether oxygens (including phenoxy) is 4. The lowest BCUT2D eigenvalue weighted by Gasteiger charge is -2.40. The lowest BCUT2D eigenvalue weighted by Crippen LogP contribution is -2.60. The van der Waals surface area contributed by atoms with Gasteiger partial charge in [0.1, 0.15) is 53.8 Å². The van der Waals surface area contributed by atoms with Crippen molar-refractivity contribution in [1.29, 1.82) is 0 Å². The number of rotatable bonds is 7. The minimum atomic E-state index is -1.80. The molecule has 1 saturated heterocycles. The molecule has 3 aromatic rings. The van der Waals surface area contributed by atoms with Gasteiger partial charge < -0.3 is 54.7 Å². The van der Waals surface area contributed by atoms with Crippen LogP contribution in [0.2, 0.25) is 0 Å². The molecule has 0 aromatic heterocycles. The number of Topliss-reactive ketones (excluding diaryl/α,β-unsaturated/α-hetero) is 1. The Morgan fingerprint density at radius 3 is 2.33 bits per heavy atom. The van der Waals surface area contributed by atoms with Crippen molar-refractivity contribution < 1.29 is 64.3 Å². The summed E-state index contributed by atoms with van der Waals surface area (Å²) >= 11 is 0. The summed E-state index contributed by atoms with van der Waals surface area (Å²) in [5.41, 5.74) is 0.508. The quantitative estimate of drug-likeness (QED) is 0.188. The second kappa shape index (κ2) is 11.8. The summed E-state index contributed by atoms with van der Waals surface area (Å²) in [5.74, 6) is -3.40. The van der Waals surface area contributed by atoms with Crippen LogP contribution in [0.4, 0.5) is 0 Å². The summed E-state index contributed by atoms with van der Waals surface area (Å²) < 4.78 is 22.1. The zero-order valence-corrected chi connectivity index (χ0v) is 21.8. The fourth-order valence-corrected chi connectivity index (χ4v) is 4.73. The monoisotopic (exact) mass is 584 g/mol. The second-order valence-electron chi connectivity index (χ2n) is 9.89. The highest BCUT2D eigenvalue weighted by Gasteiger charge is 2.46. The van der Waals surface area contributed by atoms with E-state index < -0.39 is 72.8 Å².